The van der Waals surface area contributed by atoms with E-state index in [0.29, 0.717) is 13.0 Å². The van der Waals surface area contributed by atoms with Crippen molar-refractivity contribution in [1.82, 2.24) is 0 Å². The highest BCUT2D eigenvalue weighted by Crippen LogP contribution is 1.75. The maximum Gasteiger partial charge on any atom is 0.185 e. The maximum absolute atomic E-state index is 8.23. The lowest BCUT2D eigenvalue weighted by atomic mass is 10.5. The molecule has 0 aliphatic carbocycles. The summed E-state index contributed by atoms with van der Waals surface area (Å²) in [6.45, 7) is 0.648. The predicted octanol–water partition coefficient (Wildman–Crippen LogP) is -0.936. The zero-order valence-corrected chi connectivity index (χ0v) is 5.90. The molecule has 0 unspecified atom stereocenters. The fourth-order valence-electron chi connectivity index (χ4n) is 0.279. The zero-order chi connectivity index (χ0) is 6.41. The average Bonchev–Trinajstić information content (AvgIpc) is 1.66. The van der Waals surface area contributed by atoms with Gasteiger partial charge in [-0.2, -0.15) is 0 Å². The van der Waals surface area contributed by atoms with Crippen LogP contribution in [0.4, 0.5) is 0 Å². The maximum atomic E-state index is 8.23. The Hall–Kier alpha value is -0.480. The number of hydrogen-bond donors (Lipinski definition) is 3. The lowest BCUT2D eigenvalue weighted by molar-refractivity contribution is 0.291. The van der Waals surface area contributed by atoms with Gasteiger partial charge in [0.1, 0.15) is 0 Å². The molecule has 0 atom stereocenters. The molecule has 0 rings (SSSR count). The largest absolute Gasteiger partial charge is 0.396 e. The van der Waals surface area contributed by atoms with Crippen LogP contribution < -0.4 is 11.5 Å². The molecule has 0 bridgehead atoms. The van der Waals surface area contributed by atoms with Gasteiger partial charge in [0.2, 0.25) is 0 Å². The monoisotopic (exact) mass is 153 g/mol. The van der Waals surface area contributed by atoms with Crippen molar-refractivity contribution in [2.45, 2.75) is 6.42 Å². The molecule has 0 amide bonds. The van der Waals surface area contributed by atoms with Crippen molar-refractivity contribution >= 4 is 18.4 Å². The number of guanidine groups is 1. The van der Waals surface area contributed by atoms with E-state index in [1.54, 1.807) is 0 Å². The van der Waals surface area contributed by atoms with Gasteiger partial charge in [0.15, 0.2) is 5.96 Å². The van der Waals surface area contributed by atoms with Crippen LogP contribution in [0.2, 0.25) is 0 Å². The van der Waals surface area contributed by atoms with Crippen molar-refractivity contribution in [3.05, 3.63) is 0 Å². The van der Waals surface area contributed by atoms with Crippen molar-refractivity contribution in [2.24, 2.45) is 16.5 Å². The van der Waals surface area contributed by atoms with E-state index in [2.05, 4.69) is 4.99 Å². The molecule has 9 heavy (non-hydrogen) atoms. The van der Waals surface area contributed by atoms with E-state index < -0.39 is 0 Å². The first kappa shape index (κ1) is 11.3. The van der Waals surface area contributed by atoms with Crippen LogP contribution in [0.15, 0.2) is 4.99 Å². The summed E-state index contributed by atoms with van der Waals surface area (Å²) >= 11 is 0. The number of aliphatic hydroxyl groups is 1. The number of halogens is 1. The summed E-state index contributed by atoms with van der Waals surface area (Å²) in [7, 11) is 0. The molecule has 56 valence electrons. The van der Waals surface area contributed by atoms with Crippen LogP contribution in [0.25, 0.3) is 0 Å². The average molecular weight is 154 g/mol. The zero-order valence-electron chi connectivity index (χ0n) is 5.08. The lowest BCUT2D eigenvalue weighted by Gasteiger charge is -1.89. The first-order valence-electron chi connectivity index (χ1n) is 2.43. The predicted molar refractivity (Wildman–Crippen MR) is 39.6 cm³/mol. The highest BCUT2D eigenvalue weighted by atomic mass is 35.5. The quantitative estimate of drug-likeness (QED) is 0.278. The van der Waals surface area contributed by atoms with E-state index in [4.69, 9.17) is 16.6 Å². The van der Waals surface area contributed by atoms with Gasteiger partial charge in [-0.25, -0.2) is 0 Å². The van der Waals surface area contributed by atoms with Gasteiger partial charge in [-0.05, 0) is 6.42 Å². The van der Waals surface area contributed by atoms with Crippen molar-refractivity contribution < 1.29 is 5.11 Å². The minimum atomic E-state index is 0. The van der Waals surface area contributed by atoms with Gasteiger partial charge in [-0.1, -0.05) is 0 Å². The number of nitrogens with two attached hydrogens (primary N) is 2. The van der Waals surface area contributed by atoms with Gasteiger partial charge in [0, 0.05) is 13.2 Å². The molecule has 0 aromatic heterocycles. The second-order valence-electron chi connectivity index (χ2n) is 1.38. The molecule has 0 spiro atoms. The Bertz CT molecular complexity index is 81.9. The minimum absolute atomic E-state index is 0. The highest BCUT2D eigenvalue weighted by Gasteiger charge is 1.79. The van der Waals surface area contributed by atoms with Crippen LogP contribution in [0.5, 0.6) is 0 Å². The van der Waals surface area contributed by atoms with E-state index in [1.807, 2.05) is 0 Å². The molecule has 5 N–H and O–H groups in total. The van der Waals surface area contributed by atoms with Gasteiger partial charge in [-0.15, -0.1) is 12.4 Å². The summed E-state index contributed by atoms with van der Waals surface area (Å²) in [5.74, 6) is 0.0819. The molecule has 0 aliphatic rings. The third-order valence-electron chi connectivity index (χ3n) is 0.611. The Morgan fingerprint density at radius 2 is 2.00 bits per heavy atom. The fraction of sp³-hybridized carbons (Fsp3) is 0.750. The molecule has 0 saturated heterocycles. The topological polar surface area (TPSA) is 84.6 Å². The van der Waals surface area contributed by atoms with Crippen molar-refractivity contribution in [3.63, 3.8) is 0 Å². The van der Waals surface area contributed by atoms with Crippen LogP contribution in [-0.4, -0.2) is 24.2 Å². The van der Waals surface area contributed by atoms with Crippen LogP contribution >= 0.6 is 12.4 Å². The molecular weight excluding hydrogens is 142 g/mol. The molecule has 0 aromatic carbocycles. The Kier molecular flexibility index (Phi) is 9.47. The van der Waals surface area contributed by atoms with E-state index in [0.717, 1.165) is 0 Å². The van der Waals surface area contributed by atoms with Crippen molar-refractivity contribution in [3.8, 4) is 0 Å². The number of nitrogens with zero attached hydrogens (tertiary/aromatic N) is 1. The van der Waals surface area contributed by atoms with E-state index in [-0.39, 0.29) is 25.0 Å². The second-order valence-corrected chi connectivity index (χ2v) is 1.38. The third-order valence-corrected chi connectivity index (χ3v) is 0.611. The molecule has 0 radical (unpaired) electrons. The Balaban J connectivity index is 0. The number of aliphatic hydroxyl groups excluding tert-OH is 1. The van der Waals surface area contributed by atoms with Crippen molar-refractivity contribution in [2.75, 3.05) is 13.2 Å². The van der Waals surface area contributed by atoms with E-state index in [9.17, 15) is 0 Å². The molecule has 0 heterocycles. The van der Waals surface area contributed by atoms with E-state index in [1.165, 1.54) is 0 Å². The third kappa shape index (κ3) is 11.2. The normalized spacial score (nSPS) is 7.67. The molecular formula is C4H12ClN3O. The molecule has 0 aromatic rings. The minimum Gasteiger partial charge on any atom is -0.396 e. The molecule has 0 fully saturated rings. The highest BCUT2D eigenvalue weighted by molar-refractivity contribution is 5.85. The Morgan fingerprint density at radius 3 is 2.33 bits per heavy atom. The van der Waals surface area contributed by atoms with Gasteiger partial charge in [0.05, 0.1) is 0 Å². The Labute approximate surface area is 60.4 Å². The summed E-state index contributed by atoms with van der Waals surface area (Å²) in [6, 6.07) is 0. The summed E-state index contributed by atoms with van der Waals surface area (Å²) in [4.78, 5) is 3.63. The van der Waals surface area contributed by atoms with Crippen LogP contribution in [-0.2, 0) is 0 Å². The van der Waals surface area contributed by atoms with Gasteiger partial charge in [-0.3, -0.25) is 4.99 Å². The number of aliphatic imine (C=N–C) groups is 1. The van der Waals surface area contributed by atoms with Crippen molar-refractivity contribution in [1.29, 1.82) is 0 Å². The molecule has 0 saturated carbocycles. The summed E-state index contributed by atoms with van der Waals surface area (Å²) in [5.41, 5.74) is 9.96. The smallest absolute Gasteiger partial charge is 0.185 e. The van der Waals surface area contributed by atoms with Gasteiger partial charge < -0.3 is 16.6 Å². The summed E-state index contributed by atoms with van der Waals surface area (Å²) < 4.78 is 0. The second kappa shape index (κ2) is 7.52. The van der Waals surface area contributed by atoms with Gasteiger partial charge >= 0.3 is 0 Å². The SMILES string of the molecule is Cl.NC(N)=NCCCO. The lowest BCUT2D eigenvalue weighted by Crippen LogP contribution is -2.23. The van der Waals surface area contributed by atoms with E-state index >= 15 is 0 Å². The first-order valence-corrected chi connectivity index (χ1v) is 2.43. The van der Waals surface area contributed by atoms with Crippen LogP contribution in [0, 0.1) is 0 Å². The van der Waals surface area contributed by atoms with Gasteiger partial charge in [0.25, 0.3) is 0 Å². The summed E-state index contributed by atoms with van der Waals surface area (Å²) in [6.07, 6.45) is 0.623. The van der Waals surface area contributed by atoms with Crippen LogP contribution in [0.1, 0.15) is 6.42 Å². The Morgan fingerprint density at radius 1 is 1.44 bits per heavy atom. The summed E-state index contributed by atoms with van der Waals surface area (Å²) in [5, 5.41) is 8.23. The fourth-order valence-corrected chi connectivity index (χ4v) is 0.279. The number of rotatable bonds is 3. The molecule has 4 nitrogen and oxygen atoms in total. The molecule has 0 aliphatic heterocycles. The number of hydrogen-bond acceptors (Lipinski definition) is 2. The van der Waals surface area contributed by atoms with Crippen LogP contribution in [0.3, 0.4) is 0 Å². The molecule has 5 heteroatoms. The first-order chi connectivity index (χ1) is 3.77. The standard InChI is InChI=1S/C4H11N3O.ClH/c5-4(6)7-2-1-3-8;/h8H,1-3H2,(H4,5,6,7);1H.